The summed E-state index contributed by atoms with van der Waals surface area (Å²) >= 11 is 12.9. The van der Waals surface area contributed by atoms with Crippen LogP contribution in [0.15, 0.2) is 36.9 Å². The Morgan fingerprint density at radius 3 is 2.54 bits per heavy atom. The number of hydrogen-bond donors (Lipinski definition) is 2. The first kappa shape index (κ1) is 22.3. The molecule has 2 aromatic rings. The van der Waals surface area contributed by atoms with Gasteiger partial charge < -0.3 is 15.6 Å². The van der Waals surface area contributed by atoms with E-state index in [4.69, 9.17) is 33.7 Å². The van der Waals surface area contributed by atoms with Crippen molar-refractivity contribution in [2.24, 2.45) is 5.73 Å². The van der Waals surface area contributed by atoms with E-state index < -0.39 is 12.2 Å². The van der Waals surface area contributed by atoms with Crippen LogP contribution in [0.2, 0.25) is 10.0 Å². The lowest BCUT2D eigenvalue weighted by molar-refractivity contribution is 0.110. The highest BCUT2D eigenvalue weighted by Gasteiger charge is 2.27. The van der Waals surface area contributed by atoms with Crippen LogP contribution in [0.3, 0.4) is 0 Å². The van der Waals surface area contributed by atoms with Gasteiger partial charge in [-0.3, -0.25) is 0 Å². The zero-order valence-corrected chi connectivity index (χ0v) is 17.8. The van der Waals surface area contributed by atoms with Gasteiger partial charge in [0.15, 0.2) is 0 Å². The Balaban J connectivity index is 2.67. The van der Waals surface area contributed by atoms with Crippen LogP contribution in [0.25, 0.3) is 17.2 Å². The van der Waals surface area contributed by atoms with Gasteiger partial charge in [-0.25, -0.2) is 4.79 Å². The SMILES string of the molecule is C=Cc1ccc(Cl)c(Cl)c1-c1cccc(C(O)CCOC(N)=O)c1C(C)(C)C. The summed E-state index contributed by atoms with van der Waals surface area (Å²) in [6.07, 6.45) is 0.262. The van der Waals surface area contributed by atoms with E-state index in [0.29, 0.717) is 10.0 Å². The summed E-state index contributed by atoms with van der Waals surface area (Å²) in [6, 6.07) is 9.29. The number of carbonyl (C=O) groups is 1. The summed E-state index contributed by atoms with van der Waals surface area (Å²) in [6.45, 7) is 10.1. The van der Waals surface area contributed by atoms with Crippen molar-refractivity contribution in [3.8, 4) is 11.1 Å². The zero-order chi connectivity index (χ0) is 21.1. The molecule has 0 saturated heterocycles. The molecular weight excluding hydrogens is 397 g/mol. The second kappa shape index (κ2) is 8.99. The van der Waals surface area contributed by atoms with Gasteiger partial charge in [-0.15, -0.1) is 0 Å². The van der Waals surface area contributed by atoms with E-state index in [1.54, 1.807) is 12.1 Å². The average molecular weight is 422 g/mol. The molecule has 0 radical (unpaired) electrons. The van der Waals surface area contributed by atoms with Gasteiger partial charge in [0.05, 0.1) is 22.8 Å². The fourth-order valence-corrected chi connectivity index (χ4v) is 3.76. The Labute approximate surface area is 175 Å². The van der Waals surface area contributed by atoms with E-state index in [1.165, 1.54) is 0 Å². The maximum atomic E-state index is 10.8. The molecule has 0 saturated carbocycles. The van der Waals surface area contributed by atoms with Crippen molar-refractivity contribution >= 4 is 35.4 Å². The molecule has 0 aliphatic carbocycles. The number of benzene rings is 2. The molecule has 4 nitrogen and oxygen atoms in total. The van der Waals surface area contributed by atoms with Crippen molar-refractivity contribution in [2.75, 3.05) is 6.61 Å². The third kappa shape index (κ3) is 4.88. The summed E-state index contributed by atoms with van der Waals surface area (Å²) < 4.78 is 4.77. The molecule has 0 aromatic heterocycles. The Morgan fingerprint density at radius 2 is 1.96 bits per heavy atom. The van der Waals surface area contributed by atoms with Crippen LogP contribution >= 0.6 is 23.2 Å². The lowest BCUT2D eigenvalue weighted by Crippen LogP contribution is -2.20. The van der Waals surface area contributed by atoms with Gasteiger partial charge in [0.25, 0.3) is 0 Å². The Bertz CT molecular complexity index is 888. The second-order valence-electron chi connectivity index (χ2n) is 7.52. The Hall–Kier alpha value is -2.01. The molecule has 0 heterocycles. The molecule has 0 aliphatic heterocycles. The fourth-order valence-electron chi connectivity index (χ4n) is 3.33. The maximum absolute atomic E-state index is 10.8. The van der Waals surface area contributed by atoms with Crippen LogP contribution in [-0.2, 0) is 10.2 Å². The van der Waals surface area contributed by atoms with Crippen LogP contribution < -0.4 is 5.73 Å². The molecule has 28 heavy (non-hydrogen) atoms. The summed E-state index contributed by atoms with van der Waals surface area (Å²) in [5.41, 5.74) is 8.88. The van der Waals surface area contributed by atoms with Gasteiger partial charge in [0, 0.05) is 12.0 Å². The van der Waals surface area contributed by atoms with Gasteiger partial charge in [-0.1, -0.05) is 80.9 Å². The first-order valence-corrected chi connectivity index (χ1v) is 9.68. The molecule has 0 aliphatic rings. The molecule has 0 fully saturated rings. The van der Waals surface area contributed by atoms with Crippen molar-refractivity contribution in [3.05, 3.63) is 63.6 Å². The van der Waals surface area contributed by atoms with E-state index >= 15 is 0 Å². The average Bonchev–Trinajstić information content (AvgIpc) is 2.62. The fraction of sp³-hybridized carbons (Fsp3) is 0.318. The molecule has 2 rings (SSSR count). The molecule has 1 unspecified atom stereocenters. The number of aliphatic hydroxyl groups is 1. The van der Waals surface area contributed by atoms with Gasteiger partial charge in [0.1, 0.15) is 0 Å². The third-order valence-electron chi connectivity index (χ3n) is 4.46. The summed E-state index contributed by atoms with van der Waals surface area (Å²) in [5, 5.41) is 11.7. The number of ether oxygens (including phenoxy) is 1. The number of amides is 1. The van der Waals surface area contributed by atoms with E-state index in [9.17, 15) is 9.90 Å². The summed E-state index contributed by atoms with van der Waals surface area (Å²) in [5.74, 6) is 0. The van der Waals surface area contributed by atoms with Crippen molar-refractivity contribution < 1.29 is 14.6 Å². The highest BCUT2D eigenvalue weighted by atomic mass is 35.5. The Morgan fingerprint density at radius 1 is 1.29 bits per heavy atom. The standard InChI is InChI=1S/C22H25Cl2NO3/c1-5-13-9-10-16(23)20(24)18(13)15-8-6-7-14(19(15)22(2,3)4)17(26)11-12-28-21(25)27/h5-10,17,26H,1,11-12H2,2-4H3,(H2,25,27). The normalized spacial score (nSPS) is 12.5. The number of rotatable bonds is 6. The molecule has 2 aromatic carbocycles. The van der Waals surface area contributed by atoms with Crippen LogP contribution in [0.1, 0.15) is 50.0 Å². The number of aliphatic hydroxyl groups excluding tert-OH is 1. The molecule has 1 atom stereocenters. The molecule has 3 N–H and O–H groups in total. The first-order chi connectivity index (χ1) is 13.1. The zero-order valence-electron chi connectivity index (χ0n) is 16.3. The second-order valence-corrected chi connectivity index (χ2v) is 8.31. The molecule has 0 bridgehead atoms. The van der Waals surface area contributed by atoms with Crippen molar-refractivity contribution in [3.63, 3.8) is 0 Å². The molecular formula is C22H25Cl2NO3. The van der Waals surface area contributed by atoms with Gasteiger partial charge in [0.2, 0.25) is 0 Å². The number of primary amides is 1. The van der Waals surface area contributed by atoms with Crippen molar-refractivity contribution in [1.29, 1.82) is 0 Å². The van der Waals surface area contributed by atoms with Crippen LogP contribution in [0.4, 0.5) is 4.79 Å². The smallest absolute Gasteiger partial charge is 0.404 e. The van der Waals surface area contributed by atoms with E-state index in [1.807, 2.05) is 24.3 Å². The van der Waals surface area contributed by atoms with Crippen LogP contribution in [0, 0.1) is 0 Å². The minimum atomic E-state index is -0.863. The first-order valence-electron chi connectivity index (χ1n) is 8.92. The number of halogens is 2. The highest BCUT2D eigenvalue weighted by molar-refractivity contribution is 6.44. The molecule has 6 heteroatoms. The van der Waals surface area contributed by atoms with E-state index in [2.05, 4.69) is 27.4 Å². The maximum Gasteiger partial charge on any atom is 0.404 e. The third-order valence-corrected chi connectivity index (χ3v) is 5.26. The summed E-state index contributed by atoms with van der Waals surface area (Å²) in [7, 11) is 0. The predicted octanol–water partition coefficient (Wildman–Crippen LogP) is 6.12. The molecule has 150 valence electrons. The van der Waals surface area contributed by atoms with Crippen LogP contribution in [0.5, 0.6) is 0 Å². The largest absolute Gasteiger partial charge is 0.450 e. The number of carbonyl (C=O) groups excluding carboxylic acids is 1. The minimum absolute atomic E-state index is 0.0279. The topological polar surface area (TPSA) is 72.6 Å². The van der Waals surface area contributed by atoms with E-state index in [0.717, 1.165) is 27.8 Å². The number of hydrogen-bond acceptors (Lipinski definition) is 3. The quantitative estimate of drug-likeness (QED) is 0.589. The number of nitrogens with two attached hydrogens (primary N) is 1. The highest BCUT2D eigenvalue weighted by Crippen LogP contribution is 2.44. The molecule has 0 spiro atoms. The van der Waals surface area contributed by atoms with Gasteiger partial charge >= 0.3 is 6.09 Å². The van der Waals surface area contributed by atoms with Crippen molar-refractivity contribution in [2.45, 2.75) is 38.7 Å². The van der Waals surface area contributed by atoms with Gasteiger partial charge in [-0.05, 0) is 33.7 Å². The lowest BCUT2D eigenvalue weighted by Gasteiger charge is -2.29. The lowest BCUT2D eigenvalue weighted by atomic mass is 9.76. The van der Waals surface area contributed by atoms with E-state index in [-0.39, 0.29) is 18.4 Å². The minimum Gasteiger partial charge on any atom is -0.450 e. The molecule has 1 amide bonds. The monoisotopic (exact) mass is 421 g/mol. The summed E-state index contributed by atoms with van der Waals surface area (Å²) in [4.78, 5) is 10.8. The predicted molar refractivity (Wildman–Crippen MR) is 116 cm³/mol. The Kier molecular flexibility index (Phi) is 7.16. The van der Waals surface area contributed by atoms with Crippen LogP contribution in [-0.4, -0.2) is 17.8 Å². The van der Waals surface area contributed by atoms with Crippen molar-refractivity contribution in [1.82, 2.24) is 0 Å². The van der Waals surface area contributed by atoms with Gasteiger partial charge in [-0.2, -0.15) is 0 Å².